The Balaban J connectivity index is 0.998. The van der Waals surface area contributed by atoms with Gasteiger partial charge >= 0.3 is 0 Å². The molecule has 0 radical (unpaired) electrons. The molecule has 0 atom stereocenters. The molecule has 5 heteroatoms. The third-order valence-corrected chi connectivity index (χ3v) is 14.2. The quantitative estimate of drug-likeness (QED) is 0.166. The summed E-state index contributed by atoms with van der Waals surface area (Å²) in [6.45, 7) is 0. The zero-order valence-corrected chi connectivity index (χ0v) is 35.4. The number of furan rings is 1. The van der Waals surface area contributed by atoms with Gasteiger partial charge in [-0.2, -0.15) is 0 Å². The summed E-state index contributed by atoms with van der Waals surface area (Å²) in [5.41, 5.74) is 14.8. The minimum atomic E-state index is 0.000681. The zero-order chi connectivity index (χ0) is 43.2. The second kappa shape index (κ2) is 13.1. The largest absolute Gasteiger partial charge is 0.456 e. The first-order chi connectivity index (χ1) is 32.7. The van der Waals surface area contributed by atoms with E-state index in [9.17, 15) is 4.79 Å². The molecule has 0 N–H and O–H groups in total. The second-order valence-corrected chi connectivity index (χ2v) is 17.6. The Hall–Kier alpha value is -8.93. The second-order valence-electron chi connectivity index (χ2n) is 17.6. The maximum Gasteiger partial charge on any atom is 0.263 e. The molecule has 15 rings (SSSR count). The van der Waals surface area contributed by atoms with E-state index < -0.39 is 0 Å². The van der Waals surface area contributed by atoms with Gasteiger partial charge in [0.05, 0.1) is 33.1 Å². The molecule has 0 amide bonds. The van der Waals surface area contributed by atoms with Gasteiger partial charge in [-0.15, -0.1) is 0 Å². The predicted molar refractivity (Wildman–Crippen MR) is 274 cm³/mol. The van der Waals surface area contributed by atoms with Crippen LogP contribution < -0.4 is 5.56 Å². The molecule has 0 spiro atoms. The van der Waals surface area contributed by atoms with Crippen LogP contribution >= 0.6 is 0 Å². The van der Waals surface area contributed by atoms with Crippen LogP contribution in [0.25, 0.3) is 137 Å². The highest BCUT2D eigenvalue weighted by Crippen LogP contribution is 2.45. The van der Waals surface area contributed by atoms with Crippen molar-refractivity contribution in [2.75, 3.05) is 0 Å². The molecule has 5 aromatic heterocycles. The van der Waals surface area contributed by atoms with Gasteiger partial charge in [0.1, 0.15) is 11.2 Å². The molecular weight excluding hydrogens is 807 g/mol. The highest BCUT2D eigenvalue weighted by molar-refractivity contribution is 6.27. The van der Waals surface area contributed by atoms with E-state index in [-0.39, 0.29) is 5.56 Å². The van der Waals surface area contributed by atoms with Gasteiger partial charge in [-0.3, -0.25) is 9.20 Å². The Morgan fingerprint density at radius 2 is 0.985 bits per heavy atom. The number of nitrogens with zero attached hydrogens (tertiary/aromatic N) is 3. The third kappa shape index (κ3) is 4.70. The van der Waals surface area contributed by atoms with Crippen LogP contribution in [0.15, 0.2) is 222 Å². The summed E-state index contributed by atoms with van der Waals surface area (Å²) in [5.74, 6) is 0. The average molecular weight is 842 g/mol. The van der Waals surface area contributed by atoms with E-state index in [1.807, 2.05) is 22.6 Å². The van der Waals surface area contributed by atoms with Crippen molar-refractivity contribution in [1.82, 2.24) is 13.5 Å². The first-order valence-corrected chi connectivity index (χ1v) is 22.5. The highest BCUT2D eigenvalue weighted by Gasteiger charge is 2.23. The zero-order valence-electron chi connectivity index (χ0n) is 35.4. The summed E-state index contributed by atoms with van der Waals surface area (Å²) >= 11 is 0. The fourth-order valence-electron chi connectivity index (χ4n) is 11.4. The maximum atomic E-state index is 14.4. The molecule has 0 bridgehead atoms. The van der Waals surface area contributed by atoms with Crippen molar-refractivity contribution in [2.45, 2.75) is 0 Å². The number of benzene rings is 10. The molecule has 10 aromatic carbocycles. The lowest BCUT2D eigenvalue weighted by molar-refractivity contribution is 0.669. The predicted octanol–water partition coefficient (Wildman–Crippen LogP) is 15.6. The van der Waals surface area contributed by atoms with E-state index in [1.54, 1.807) is 0 Å². The van der Waals surface area contributed by atoms with Crippen molar-refractivity contribution < 1.29 is 4.42 Å². The number of aromatic nitrogens is 3. The first-order valence-electron chi connectivity index (χ1n) is 22.5. The van der Waals surface area contributed by atoms with Gasteiger partial charge in [-0.1, -0.05) is 127 Å². The van der Waals surface area contributed by atoms with Crippen molar-refractivity contribution in [3.8, 4) is 33.6 Å². The first kappa shape index (κ1) is 35.5. The number of hydrogen-bond donors (Lipinski definition) is 0. The summed E-state index contributed by atoms with van der Waals surface area (Å²) in [6.07, 6.45) is 0. The highest BCUT2D eigenvalue weighted by atomic mass is 16.3. The van der Waals surface area contributed by atoms with Crippen LogP contribution in [-0.2, 0) is 0 Å². The monoisotopic (exact) mass is 841 g/mol. The van der Waals surface area contributed by atoms with Gasteiger partial charge in [0.15, 0.2) is 0 Å². The van der Waals surface area contributed by atoms with E-state index in [2.05, 4.69) is 203 Å². The van der Waals surface area contributed by atoms with Crippen LogP contribution in [0.5, 0.6) is 0 Å². The summed E-state index contributed by atoms with van der Waals surface area (Å²) < 4.78 is 13.5. The van der Waals surface area contributed by atoms with E-state index in [0.717, 1.165) is 105 Å². The van der Waals surface area contributed by atoms with E-state index in [1.165, 1.54) is 32.6 Å². The van der Waals surface area contributed by atoms with Gasteiger partial charge in [0, 0.05) is 65.2 Å². The fourth-order valence-corrected chi connectivity index (χ4v) is 11.4. The standard InChI is InChI=1S/C61H35N3O2/c65-61-45-20-8-7-18-42(45)48-33-38(36-14-3-1-4-15-36)34-49-47-32-37(26-29-53(47)64(61)59(48)49)41-22-13-25-56-57(41)50-35-40(27-31-55(50)66-56)63-51-23-11-9-19-43(51)44-28-30-54-58(60(44)63)46-21-10-12-24-52(46)62(54)39-16-5-2-6-17-39/h1-35H. The maximum absolute atomic E-state index is 14.4. The van der Waals surface area contributed by atoms with Crippen LogP contribution in [0.1, 0.15) is 0 Å². The van der Waals surface area contributed by atoms with Crippen LogP contribution in [0.2, 0.25) is 0 Å². The molecular formula is C61H35N3O2. The molecule has 0 aliphatic rings. The molecule has 0 saturated carbocycles. The summed E-state index contributed by atoms with van der Waals surface area (Å²) in [6, 6.07) is 75.4. The van der Waals surface area contributed by atoms with Crippen LogP contribution in [0, 0.1) is 0 Å². The SMILES string of the molecule is O=c1c2ccccc2c2cc(-c3ccccc3)cc3c4cc(-c5cccc6oc7ccc(-n8c9ccccc9c9ccc%10c(c%11ccccc%11n%10-c%10ccccc%10)c98)cc7c56)ccc4n1c23. The Bertz CT molecular complexity index is 4590. The molecule has 15 aromatic rings. The van der Waals surface area contributed by atoms with Crippen molar-refractivity contribution >= 4 is 104 Å². The number of rotatable bonds is 4. The van der Waals surface area contributed by atoms with Crippen molar-refractivity contribution in [3.05, 3.63) is 223 Å². The average Bonchev–Trinajstić information content (AvgIpc) is 4.12. The van der Waals surface area contributed by atoms with Crippen molar-refractivity contribution in [1.29, 1.82) is 0 Å². The summed E-state index contributed by atoms with van der Waals surface area (Å²) in [5, 5.41) is 11.8. The van der Waals surface area contributed by atoms with Crippen molar-refractivity contribution in [3.63, 3.8) is 0 Å². The lowest BCUT2D eigenvalue weighted by Gasteiger charge is -2.11. The molecule has 0 saturated heterocycles. The normalized spacial score (nSPS) is 12.3. The number of hydrogen-bond acceptors (Lipinski definition) is 2. The minimum Gasteiger partial charge on any atom is -0.456 e. The smallest absolute Gasteiger partial charge is 0.263 e. The lowest BCUT2D eigenvalue weighted by atomic mass is 9.96. The number of para-hydroxylation sites is 3. The molecule has 66 heavy (non-hydrogen) atoms. The molecule has 5 nitrogen and oxygen atoms in total. The molecule has 306 valence electrons. The fraction of sp³-hybridized carbons (Fsp3) is 0. The Morgan fingerprint density at radius 3 is 1.80 bits per heavy atom. The summed E-state index contributed by atoms with van der Waals surface area (Å²) in [4.78, 5) is 14.4. The van der Waals surface area contributed by atoms with Crippen LogP contribution in [0.4, 0.5) is 0 Å². The number of pyridine rings is 1. The number of fused-ring (bicyclic) bond motifs is 15. The van der Waals surface area contributed by atoms with E-state index in [4.69, 9.17) is 4.42 Å². The Kier molecular flexibility index (Phi) is 7.03. The summed E-state index contributed by atoms with van der Waals surface area (Å²) in [7, 11) is 0. The Morgan fingerprint density at radius 1 is 0.318 bits per heavy atom. The van der Waals surface area contributed by atoms with Gasteiger partial charge < -0.3 is 13.6 Å². The van der Waals surface area contributed by atoms with Crippen LogP contribution in [0.3, 0.4) is 0 Å². The van der Waals surface area contributed by atoms with Gasteiger partial charge in [-0.25, -0.2) is 0 Å². The molecule has 0 fully saturated rings. The third-order valence-electron chi connectivity index (χ3n) is 14.2. The topological polar surface area (TPSA) is 44.5 Å². The molecule has 5 heterocycles. The molecule has 0 aliphatic heterocycles. The lowest BCUT2D eigenvalue weighted by Crippen LogP contribution is -2.12. The Labute approximate surface area is 376 Å². The van der Waals surface area contributed by atoms with E-state index >= 15 is 0 Å². The molecule has 0 aliphatic carbocycles. The molecule has 0 unspecified atom stereocenters. The van der Waals surface area contributed by atoms with Gasteiger partial charge in [0.25, 0.3) is 5.56 Å². The van der Waals surface area contributed by atoms with Crippen molar-refractivity contribution in [2.24, 2.45) is 0 Å². The minimum absolute atomic E-state index is 0.000681. The van der Waals surface area contributed by atoms with E-state index in [0.29, 0.717) is 0 Å². The van der Waals surface area contributed by atoms with Gasteiger partial charge in [-0.05, 0) is 113 Å². The van der Waals surface area contributed by atoms with Crippen LogP contribution in [-0.4, -0.2) is 13.5 Å². The van der Waals surface area contributed by atoms with Gasteiger partial charge in [0.2, 0.25) is 0 Å².